The molecule has 0 atom stereocenters. The Morgan fingerprint density at radius 1 is 1.00 bits per heavy atom. The zero-order valence-electron chi connectivity index (χ0n) is 10.9. The molecule has 0 bridgehead atoms. The Morgan fingerprint density at radius 2 is 1.79 bits per heavy atom. The van der Waals surface area contributed by atoms with Gasteiger partial charge in [-0.3, -0.25) is 0 Å². The van der Waals surface area contributed by atoms with Crippen LogP contribution in [0.3, 0.4) is 0 Å². The van der Waals surface area contributed by atoms with Gasteiger partial charge in [0.1, 0.15) is 0 Å². The van der Waals surface area contributed by atoms with Gasteiger partial charge in [-0.2, -0.15) is 0 Å². The summed E-state index contributed by atoms with van der Waals surface area (Å²) in [6.45, 7) is 0.615. The third-order valence-electron chi connectivity index (χ3n) is 2.83. The fourth-order valence-electron chi connectivity index (χ4n) is 1.89. The molecule has 0 fully saturated rings. The standard InChI is InChI=1S/C15H16ClNO2/c1-18-14-9-5-6-11(15(14)19-2)10-17-13-8-4-3-7-12(13)16/h3-9,17H,10H2,1-2H3. The van der Waals surface area contributed by atoms with Gasteiger partial charge in [0.05, 0.1) is 24.9 Å². The molecule has 0 radical (unpaired) electrons. The monoisotopic (exact) mass is 277 g/mol. The summed E-state index contributed by atoms with van der Waals surface area (Å²) in [7, 11) is 3.26. The van der Waals surface area contributed by atoms with Crippen molar-refractivity contribution in [3.8, 4) is 11.5 Å². The maximum atomic E-state index is 6.10. The van der Waals surface area contributed by atoms with Gasteiger partial charge in [-0.15, -0.1) is 0 Å². The molecule has 1 N–H and O–H groups in total. The van der Waals surface area contributed by atoms with Gasteiger partial charge in [-0.1, -0.05) is 35.9 Å². The van der Waals surface area contributed by atoms with Crippen LogP contribution < -0.4 is 14.8 Å². The summed E-state index contributed by atoms with van der Waals surface area (Å²) in [6.07, 6.45) is 0. The van der Waals surface area contributed by atoms with E-state index in [0.717, 1.165) is 22.7 Å². The minimum atomic E-state index is 0.615. The summed E-state index contributed by atoms with van der Waals surface area (Å²) in [6, 6.07) is 13.4. The molecule has 0 unspecified atom stereocenters. The molecular formula is C15H16ClNO2. The summed E-state index contributed by atoms with van der Waals surface area (Å²) in [4.78, 5) is 0. The lowest BCUT2D eigenvalue weighted by Crippen LogP contribution is -2.03. The smallest absolute Gasteiger partial charge is 0.165 e. The van der Waals surface area contributed by atoms with Crippen LogP contribution in [0.15, 0.2) is 42.5 Å². The first kappa shape index (κ1) is 13.6. The van der Waals surface area contributed by atoms with Crippen LogP contribution in [0.2, 0.25) is 5.02 Å². The van der Waals surface area contributed by atoms with Crippen LogP contribution in [0.25, 0.3) is 0 Å². The molecule has 0 aromatic heterocycles. The van der Waals surface area contributed by atoms with Crippen molar-refractivity contribution in [2.45, 2.75) is 6.54 Å². The van der Waals surface area contributed by atoms with E-state index in [9.17, 15) is 0 Å². The van der Waals surface area contributed by atoms with Crippen molar-refractivity contribution in [3.63, 3.8) is 0 Å². The number of hydrogen-bond donors (Lipinski definition) is 1. The predicted octanol–water partition coefficient (Wildman–Crippen LogP) is 3.97. The van der Waals surface area contributed by atoms with E-state index < -0.39 is 0 Å². The number of rotatable bonds is 5. The molecule has 0 saturated heterocycles. The second-order valence-corrected chi connectivity index (χ2v) is 4.39. The minimum absolute atomic E-state index is 0.615. The molecule has 0 spiro atoms. The first-order valence-electron chi connectivity index (χ1n) is 5.94. The molecule has 0 amide bonds. The van der Waals surface area contributed by atoms with Crippen LogP contribution in [0.4, 0.5) is 5.69 Å². The van der Waals surface area contributed by atoms with Gasteiger partial charge < -0.3 is 14.8 Å². The first-order chi connectivity index (χ1) is 9.26. The summed E-state index contributed by atoms with van der Waals surface area (Å²) < 4.78 is 10.7. The van der Waals surface area contributed by atoms with Crippen LogP contribution in [0.1, 0.15) is 5.56 Å². The van der Waals surface area contributed by atoms with Crippen LogP contribution in [0.5, 0.6) is 11.5 Å². The zero-order chi connectivity index (χ0) is 13.7. The van der Waals surface area contributed by atoms with Crippen molar-refractivity contribution in [2.75, 3.05) is 19.5 Å². The van der Waals surface area contributed by atoms with Crippen LogP contribution in [-0.2, 0) is 6.54 Å². The second kappa shape index (κ2) is 6.34. The number of benzene rings is 2. The number of methoxy groups -OCH3 is 2. The van der Waals surface area contributed by atoms with Crippen LogP contribution in [0, 0.1) is 0 Å². The molecule has 0 saturated carbocycles. The number of halogens is 1. The molecular weight excluding hydrogens is 262 g/mol. The Morgan fingerprint density at radius 3 is 2.47 bits per heavy atom. The third kappa shape index (κ3) is 3.12. The summed E-state index contributed by atoms with van der Waals surface area (Å²) >= 11 is 6.10. The fraction of sp³-hybridized carbons (Fsp3) is 0.200. The Hall–Kier alpha value is -1.87. The van der Waals surface area contributed by atoms with Gasteiger partial charge >= 0.3 is 0 Å². The predicted molar refractivity (Wildman–Crippen MR) is 78.3 cm³/mol. The van der Waals surface area contributed by atoms with Gasteiger partial charge in [-0.25, -0.2) is 0 Å². The molecule has 2 aromatic carbocycles. The van der Waals surface area contributed by atoms with E-state index in [4.69, 9.17) is 21.1 Å². The number of nitrogens with one attached hydrogen (secondary N) is 1. The highest BCUT2D eigenvalue weighted by molar-refractivity contribution is 6.33. The van der Waals surface area contributed by atoms with Crippen molar-refractivity contribution in [2.24, 2.45) is 0 Å². The van der Waals surface area contributed by atoms with Crippen molar-refractivity contribution < 1.29 is 9.47 Å². The van der Waals surface area contributed by atoms with Crippen molar-refractivity contribution in [3.05, 3.63) is 53.1 Å². The fourth-order valence-corrected chi connectivity index (χ4v) is 2.09. The molecule has 0 aliphatic carbocycles. The van der Waals surface area contributed by atoms with Crippen molar-refractivity contribution >= 4 is 17.3 Å². The van der Waals surface area contributed by atoms with Crippen LogP contribution >= 0.6 is 11.6 Å². The molecule has 100 valence electrons. The summed E-state index contributed by atoms with van der Waals surface area (Å²) in [5.41, 5.74) is 1.91. The molecule has 2 aromatic rings. The van der Waals surface area contributed by atoms with E-state index in [2.05, 4.69) is 5.32 Å². The average molecular weight is 278 g/mol. The normalized spacial score (nSPS) is 10.1. The zero-order valence-corrected chi connectivity index (χ0v) is 11.7. The highest BCUT2D eigenvalue weighted by Crippen LogP contribution is 2.31. The van der Waals surface area contributed by atoms with Gasteiger partial charge in [-0.05, 0) is 18.2 Å². The van der Waals surface area contributed by atoms with E-state index in [0.29, 0.717) is 11.6 Å². The van der Waals surface area contributed by atoms with Gasteiger partial charge in [0.25, 0.3) is 0 Å². The lowest BCUT2D eigenvalue weighted by Gasteiger charge is -2.14. The van der Waals surface area contributed by atoms with Gasteiger partial charge in [0.2, 0.25) is 0 Å². The maximum Gasteiger partial charge on any atom is 0.165 e. The molecule has 3 nitrogen and oxygen atoms in total. The molecule has 0 heterocycles. The Bertz CT molecular complexity index is 558. The Balaban J connectivity index is 2.18. The number of anilines is 1. The van der Waals surface area contributed by atoms with E-state index in [1.54, 1.807) is 14.2 Å². The largest absolute Gasteiger partial charge is 0.493 e. The molecule has 19 heavy (non-hydrogen) atoms. The highest BCUT2D eigenvalue weighted by Gasteiger charge is 2.09. The highest BCUT2D eigenvalue weighted by atomic mass is 35.5. The molecule has 4 heteroatoms. The Kier molecular flexibility index (Phi) is 4.53. The molecule has 0 aliphatic heterocycles. The van der Waals surface area contributed by atoms with E-state index in [-0.39, 0.29) is 0 Å². The van der Waals surface area contributed by atoms with Crippen molar-refractivity contribution in [1.29, 1.82) is 0 Å². The second-order valence-electron chi connectivity index (χ2n) is 3.99. The Labute approximate surface area is 118 Å². The number of hydrogen-bond acceptors (Lipinski definition) is 3. The molecule has 0 aliphatic rings. The maximum absolute atomic E-state index is 6.10. The van der Waals surface area contributed by atoms with E-state index >= 15 is 0 Å². The number of para-hydroxylation sites is 2. The van der Waals surface area contributed by atoms with Gasteiger partial charge in [0.15, 0.2) is 11.5 Å². The first-order valence-corrected chi connectivity index (χ1v) is 6.32. The lowest BCUT2D eigenvalue weighted by molar-refractivity contribution is 0.352. The van der Waals surface area contributed by atoms with E-state index in [1.165, 1.54) is 0 Å². The van der Waals surface area contributed by atoms with Crippen LogP contribution in [-0.4, -0.2) is 14.2 Å². The SMILES string of the molecule is COc1cccc(CNc2ccccc2Cl)c1OC. The summed E-state index contributed by atoms with van der Waals surface area (Å²) in [5, 5.41) is 3.99. The minimum Gasteiger partial charge on any atom is -0.493 e. The average Bonchev–Trinajstić information content (AvgIpc) is 2.45. The molecule has 2 rings (SSSR count). The third-order valence-corrected chi connectivity index (χ3v) is 3.16. The quantitative estimate of drug-likeness (QED) is 0.897. The van der Waals surface area contributed by atoms with E-state index in [1.807, 2.05) is 42.5 Å². The van der Waals surface area contributed by atoms with Gasteiger partial charge in [0, 0.05) is 12.1 Å². The lowest BCUT2D eigenvalue weighted by atomic mass is 10.1. The van der Waals surface area contributed by atoms with Crippen molar-refractivity contribution in [1.82, 2.24) is 0 Å². The number of ether oxygens (including phenoxy) is 2. The topological polar surface area (TPSA) is 30.5 Å². The summed E-state index contributed by atoms with van der Waals surface area (Å²) in [5.74, 6) is 1.46.